The predicted octanol–water partition coefficient (Wildman–Crippen LogP) is 3.04. The second-order valence-corrected chi connectivity index (χ2v) is 8.90. The Hall–Kier alpha value is -3.39. The van der Waals surface area contributed by atoms with Gasteiger partial charge in [0.1, 0.15) is 12.6 Å². The van der Waals surface area contributed by atoms with Crippen molar-refractivity contribution in [1.29, 1.82) is 0 Å². The second kappa shape index (κ2) is 10.7. The van der Waals surface area contributed by atoms with Gasteiger partial charge in [-0.1, -0.05) is 67.8 Å². The zero-order valence-electron chi connectivity index (χ0n) is 18.9. The van der Waals surface area contributed by atoms with Crippen molar-refractivity contribution < 1.29 is 29.3 Å². The van der Waals surface area contributed by atoms with Crippen molar-refractivity contribution in [1.82, 2.24) is 10.6 Å². The number of benzene rings is 2. The van der Waals surface area contributed by atoms with Crippen LogP contribution in [0, 0.1) is 5.92 Å². The number of hydrogen-bond donors (Lipinski definition) is 4. The van der Waals surface area contributed by atoms with E-state index in [0.717, 1.165) is 41.5 Å². The lowest BCUT2D eigenvalue weighted by molar-refractivity contribution is -0.143. The molecule has 0 bridgehead atoms. The highest BCUT2D eigenvalue weighted by Crippen LogP contribution is 2.44. The van der Waals surface area contributed by atoms with E-state index >= 15 is 0 Å². The summed E-state index contributed by atoms with van der Waals surface area (Å²) in [5.74, 6) is -2.43. The number of hydrogen-bond acceptors (Lipinski definition) is 5. The number of carbonyl (C=O) groups is 3. The van der Waals surface area contributed by atoms with E-state index in [-0.39, 0.29) is 12.5 Å². The Kier molecular flexibility index (Phi) is 7.47. The van der Waals surface area contributed by atoms with Gasteiger partial charge in [-0.05, 0) is 35.1 Å². The molecular formula is C26H30N2O6. The number of fused-ring (bicyclic) bond motifs is 3. The number of carboxylic acid groups (broad SMARTS) is 1. The minimum atomic E-state index is -1.37. The number of amides is 2. The largest absolute Gasteiger partial charge is 0.480 e. The molecule has 4 rings (SSSR count). The Labute approximate surface area is 198 Å². The summed E-state index contributed by atoms with van der Waals surface area (Å²) in [4.78, 5) is 36.7. The Morgan fingerprint density at radius 3 is 2.18 bits per heavy atom. The smallest absolute Gasteiger partial charge is 0.407 e. The molecule has 34 heavy (non-hydrogen) atoms. The molecule has 8 nitrogen and oxygen atoms in total. The van der Waals surface area contributed by atoms with Gasteiger partial charge >= 0.3 is 12.1 Å². The molecule has 0 saturated heterocycles. The molecule has 0 spiro atoms. The van der Waals surface area contributed by atoms with Crippen LogP contribution in [0.3, 0.4) is 0 Å². The Morgan fingerprint density at radius 2 is 1.56 bits per heavy atom. The van der Waals surface area contributed by atoms with Crippen molar-refractivity contribution in [2.75, 3.05) is 13.2 Å². The molecule has 0 aromatic heterocycles. The number of aliphatic hydroxyl groups is 1. The van der Waals surface area contributed by atoms with Crippen molar-refractivity contribution in [3.8, 4) is 11.1 Å². The second-order valence-electron chi connectivity index (χ2n) is 8.90. The standard InChI is InChI=1S/C26H30N2O6/c29-14-23(25(31)32)27-24(30)20-12-2-1-3-13-22(20)28-26(33)34-15-21-18-10-6-4-8-16(18)17-9-5-7-11-19(17)21/h4-11,20-23,29H,1-3,12-15H2,(H,27,30)(H,28,33)(H,31,32)/t20-,22+,23+/m0/s1. The van der Waals surface area contributed by atoms with Crippen molar-refractivity contribution in [3.05, 3.63) is 59.7 Å². The van der Waals surface area contributed by atoms with E-state index in [1.807, 2.05) is 36.4 Å². The number of rotatable bonds is 7. The number of carbonyl (C=O) groups excluding carboxylic acids is 2. The monoisotopic (exact) mass is 466 g/mol. The Bertz CT molecular complexity index is 1010. The van der Waals surface area contributed by atoms with E-state index in [1.54, 1.807) is 0 Å². The van der Waals surface area contributed by atoms with Crippen LogP contribution in [-0.4, -0.2) is 53.5 Å². The molecule has 2 aliphatic rings. The van der Waals surface area contributed by atoms with Crippen LogP contribution in [-0.2, 0) is 14.3 Å². The van der Waals surface area contributed by atoms with Crippen LogP contribution in [0.1, 0.15) is 49.1 Å². The number of nitrogens with one attached hydrogen (secondary N) is 2. The van der Waals surface area contributed by atoms with Gasteiger partial charge in [0.25, 0.3) is 0 Å². The molecule has 1 saturated carbocycles. The molecule has 2 aromatic rings. The molecule has 2 amide bonds. The lowest BCUT2D eigenvalue weighted by Crippen LogP contribution is -2.51. The summed E-state index contributed by atoms with van der Waals surface area (Å²) >= 11 is 0. The SMILES string of the molecule is O=C(N[C@@H]1CCCCC[C@@H]1C(=O)N[C@H](CO)C(=O)O)OCC1c2ccccc2-c2ccccc21. The molecule has 8 heteroatoms. The molecule has 0 heterocycles. The summed E-state index contributed by atoms with van der Waals surface area (Å²) in [7, 11) is 0. The van der Waals surface area contributed by atoms with Crippen molar-refractivity contribution in [2.45, 2.75) is 50.1 Å². The quantitative estimate of drug-likeness (QED) is 0.465. The highest BCUT2D eigenvalue weighted by Gasteiger charge is 2.34. The third-order valence-electron chi connectivity index (χ3n) is 6.80. The van der Waals surface area contributed by atoms with Gasteiger partial charge in [0.05, 0.1) is 12.5 Å². The summed E-state index contributed by atoms with van der Waals surface area (Å²) < 4.78 is 5.64. The summed E-state index contributed by atoms with van der Waals surface area (Å²) in [5, 5.41) is 23.6. The third-order valence-corrected chi connectivity index (χ3v) is 6.80. The molecule has 180 valence electrons. The van der Waals surface area contributed by atoms with E-state index in [0.29, 0.717) is 12.8 Å². The van der Waals surface area contributed by atoms with Gasteiger partial charge in [0.2, 0.25) is 5.91 Å². The fourth-order valence-electron chi connectivity index (χ4n) is 5.05. The lowest BCUT2D eigenvalue weighted by Gasteiger charge is -2.26. The average molecular weight is 467 g/mol. The first kappa shape index (κ1) is 23.8. The number of ether oxygens (including phenoxy) is 1. The molecule has 0 aliphatic heterocycles. The van der Waals surface area contributed by atoms with E-state index in [1.165, 1.54) is 0 Å². The molecular weight excluding hydrogens is 436 g/mol. The van der Waals surface area contributed by atoms with Crippen molar-refractivity contribution >= 4 is 18.0 Å². The molecule has 4 N–H and O–H groups in total. The Morgan fingerprint density at radius 1 is 0.941 bits per heavy atom. The number of aliphatic hydroxyl groups excluding tert-OH is 1. The van der Waals surface area contributed by atoms with Crippen molar-refractivity contribution in [2.24, 2.45) is 5.92 Å². The minimum Gasteiger partial charge on any atom is -0.480 e. The lowest BCUT2D eigenvalue weighted by atomic mass is 9.93. The van der Waals surface area contributed by atoms with E-state index in [2.05, 4.69) is 22.8 Å². The van der Waals surface area contributed by atoms with Crippen LogP contribution >= 0.6 is 0 Å². The molecule has 3 atom stereocenters. The first-order valence-corrected chi connectivity index (χ1v) is 11.7. The van der Waals surface area contributed by atoms with E-state index in [4.69, 9.17) is 9.84 Å². The zero-order chi connectivity index (χ0) is 24.1. The van der Waals surface area contributed by atoms with Crippen LogP contribution in [0.25, 0.3) is 11.1 Å². The van der Waals surface area contributed by atoms with Crippen LogP contribution < -0.4 is 10.6 Å². The normalized spacial score (nSPS) is 20.4. The zero-order valence-corrected chi connectivity index (χ0v) is 18.9. The molecule has 0 unspecified atom stereocenters. The van der Waals surface area contributed by atoms with Gasteiger partial charge in [-0.2, -0.15) is 0 Å². The average Bonchev–Trinajstić information content (AvgIpc) is 2.97. The van der Waals surface area contributed by atoms with Crippen LogP contribution in [0.2, 0.25) is 0 Å². The Balaban J connectivity index is 1.41. The highest BCUT2D eigenvalue weighted by atomic mass is 16.5. The summed E-state index contributed by atoms with van der Waals surface area (Å²) in [6.45, 7) is -0.521. The van der Waals surface area contributed by atoms with Crippen molar-refractivity contribution in [3.63, 3.8) is 0 Å². The highest BCUT2D eigenvalue weighted by molar-refractivity contribution is 5.86. The van der Waals surface area contributed by atoms with E-state index < -0.39 is 42.6 Å². The summed E-state index contributed by atoms with van der Waals surface area (Å²) in [5.41, 5.74) is 4.52. The minimum absolute atomic E-state index is 0.0627. The molecule has 2 aliphatic carbocycles. The number of carboxylic acids is 1. The van der Waals surface area contributed by atoms with E-state index in [9.17, 15) is 19.5 Å². The van der Waals surface area contributed by atoms with Crippen LogP contribution in [0.15, 0.2) is 48.5 Å². The molecule has 0 radical (unpaired) electrons. The topological polar surface area (TPSA) is 125 Å². The summed E-state index contributed by atoms with van der Waals surface area (Å²) in [6, 6.07) is 14.3. The number of alkyl carbamates (subject to hydrolysis) is 1. The molecule has 1 fully saturated rings. The van der Waals surface area contributed by atoms with Gasteiger partial charge in [-0.25, -0.2) is 9.59 Å². The summed E-state index contributed by atoms with van der Waals surface area (Å²) in [6.07, 6.45) is 3.10. The van der Waals surface area contributed by atoms with Gasteiger partial charge < -0.3 is 25.6 Å². The fraction of sp³-hybridized carbons (Fsp3) is 0.423. The third kappa shape index (κ3) is 5.07. The number of aliphatic carboxylic acids is 1. The van der Waals surface area contributed by atoms with Crippen LogP contribution in [0.5, 0.6) is 0 Å². The maximum absolute atomic E-state index is 12.8. The fourth-order valence-corrected chi connectivity index (χ4v) is 5.05. The van der Waals surface area contributed by atoms with Gasteiger partial charge in [-0.15, -0.1) is 0 Å². The van der Waals surface area contributed by atoms with Gasteiger partial charge in [0.15, 0.2) is 0 Å². The first-order chi connectivity index (χ1) is 16.5. The van der Waals surface area contributed by atoms with Gasteiger partial charge in [-0.3, -0.25) is 4.79 Å². The molecule has 2 aromatic carbocycles. The maximum Gasteiger partial charge on any atom is 0.407 e. The van der Waals surface area contributed by atoms with Gasteiger partial charge in [0, 0.05) is 12.0 Å². The first-order valence-electron chi connectivity index (χ1n) is 11.7. The maximum atomic E-state index is 12.8. The predicted molar refractivity (Wildman–Crippen MR) is 125 cm³/mol. The van der Waals surface area contributed by atoms with Crippen LogP contribution in [0.4, 0.5) is 4.79 Å².